The molecule has 0 bridgehead atoms. The van der Waals surface area contributed by atoms with Gasteiger partial charge in [-0.15, -0.1) is 11.3 Å². The molecule has 0 amide bonds. The van der Waals surface area contributed by atoms with E-state index in [2.05, 4.69) is 81.8 Å². The summed E-state index contributed by atoms with van der Waals surface area (Å²) in [6, 6.07) is 10.6. The first-order chi connectivity index (χ1) is 17.0. The maximum atomic E-state index is 13.1. The Labute approximate surface area is 219 Å². The average molecular weight is 509 g/mol. The third kappa shape index (κ3) is 6.90. The molecule has 36 heavy (non-hydrogen) atoms. The number of morpholine rings is 1. The SMILES string of the molecule is CC(C)(C)c1ccc(-n2nc(C(C)(C)C)cc2CC(=O)Cc2ncc(CCN3CCOCC3)s2)cc1. The minimum absolute atomic E-state index is 0.0900. The topological polar surface area (TPSA) is 60.2 Å². The molecule has 1 aromatic carbocycles. The van der Waals surface area contributed by atoms with Crippen LogP contribution in [-0.4, -0.2) is 58.3 Å². The van der Waals surface area contributed by atoms with Gasteiger partial charge in [-0.3, -0.25) is 9.69 Å². The highest BCUT2D eigenvalue weighted by Gasteiger charge is 2.23. The van der Waals surface area contributed by atoms with Gasteiger partial charge in [0.15, 0.2) is 0 Å². The van der Waals surface area contributed by atoms with E-state index in [4.69, 9.17) is 9.84 Å². The van der Waals surface area contributed by atoms with Crippen LogP contribution in [0.3, 0.4) is 0 Å². The number of carbonyl (C=O) groups is 1. The van der Waals surface area contributed by atoms with Gasteiger partial charge in [0, 0.05) is 42.5 Å². The van der Waals surface area contributed by atoms with Crippen LogP contribution in [0, 0.1) is 0 Å². The van der Waals surface area contributed by atoms with Crippen molar-refractivity contribution in [3.05, 3.63) is 63.4 Å². The number of benzene rings is 1. The first-order valence-electron chi connectivity index (χ1n) is 12.9. The zero-order valence-electron chi connectivity index (χ0n) is 22.6. The maximum Gasteiger partial charge on any atom is 0.145 e. The first-order valence-corrected chi connectivity index (χ1v) is 13.8. The van der Waals surface area contributed by atoms with Gasteiger partial charge >= 0.3 is 0 Å². The second-order valence-electron chi connectivity index (χ2n) is 11.8. The summed E-state index contributed by atoms with van der Waals surface area (Å²) < 4.78 is 7.37. The molecular formula is C29H40N4O2S. The molecule has 0 atom stereocenters. The predicted octanol–water partition coefficient (Wildman–Crippen LogP) is 5.15. The fraction of sp³-hybridized carbons (Fsp3) is 0.552. The van der Waals surface area contributed by atoms with Crippen LogP contribution < -0.4 is 0 Å². The zero-order chi connectivity index (χ0) is 25.9. The summed E-state index contributed by atoms with van der Waals surface area (Å²) in [5.41, 5.74) is 4.18. The van der Waals surface area contributed by atoms with Gasteiger partial charge in [0.05, 0.1) is 36.7 Å². The summed E-state index contributed by atoms with van der Waals surface area (Å²) in [5.74, 6) is 0.164. The number of ether oxygens (including phenoxy) is 1. The van der Waals surface area contributed by atoms with Gasteiger partial charge in [-0.1, -0.05) is 53.7 Å². The third-order valence-corrected chi connectivity index (χ3v) is 7.69. The molecule has 0 aliphatic carbocycles. The highest BCUT2D eigenvalue weighted by molar-refractivity contribution is 7.11. The molecule has 1 aliphatic rings. The Morgan fingerprint density at radius 1 is 1.00 bits per heavy atom. The molecule has 4 rings (SSSR count). The van der Waals surface area contributed by atoms with Crippen molar-refractivity contribution in [1.82, 2.24) is 19.7 Å². The van der Waals surface area contributed by atoms with Crippen molar-refractivity contribution in [3.8, 4) is 5.69 Å². The smallest absolute Gasteiger partial charge is 0.145 e. The Bertz CT molecular complexity index is 1160. The molecule has 0 radical (unpaired) electrons. The van der Waals surface area contributed by atoms with Crippen LogP contribution in [0.1, 0.15) is 68.4 Å². The summed E-state index contributed by atoms with van der Waals surface area (Å²) in [6.07, 6.45) is 3.61. The molecule has 194 valence electrons. The van der Waals surface area contributed by atoms with Gasteiger partial charge < -0.3 is 4.74 Å². The van der Waals surface area contributed by atoms with Crippen molar-refractivity contribution in [2.45, 2.75) is 71.6 Å². The van der Waals surface area contributed by atoms with E-state index in [1.807, 2.05) is 10.9 Å². The second-order valence-corrected chi connectivity index (χ2v) is 13.0. The molecule has 7 heteroatoms. The number of carbonyl (C=O) groups excluding carboxylic acids is 1. The summed E-state index contributed by atoms with van der Waals surface area (Å²) in [7, 11) is 0. The molecule has 1 aliphatic heterocycles. The summed E-state index contributed by atoms with van der Waals surface area (Å²) >= 11 is 1.66. The third-order valence-electron chi connectivity index (χ3n) is 6.64. The van der Waals surface area contributed by atoms with E-state index in [1.54, 1.807) is 11.3 Å². The normalized spacial score (nSPS) is 15.4. The van der Waals surface area contributed by atoms with Crippen molar-refractivity contribution in [2.24, 2.45) is 0 Å². The molecule has 2 aromatic heterocycles. The number of aromatic nitrogens is 3. The average Bonchev–Trinajstić information content (AvgIpc) is 3.45. The van der Waals surface area contributed by atoms with E-state index in [1.165, 1.54) is 10.4 Å². The summed E-state index contributed by atoms with van der Waals surface area (Å²) in [6.45, 7) is 17.7. The number of nitrogens with zero attached hydrogens (tertiary/aromatic N) is 4. The van der Waals surface area contributed by atoms with Gasteiger partial charge in [-0.2, -0.15) is 5.10 Å². The van der Waals surface area contributed by atoms with Crippen LogP contribution >= 0.6 is 11.3 Å². The highest BCUT2D eigenvalue weighted by Crippen LogP contribution is 2.27. The largest absolute Gasteiger partial charge is 0.379 e. The number of ketones is 1. The Hall–Kier alpha value is -2.35. The van der Waals surface area contributed by atoms with E-state index in [0.29, 0.717) is 12.8 Å². The molecule has 0 spiro atoms. The Kier molecular flexibility index (Phi) is 8.12. The van der Waals surface area contributed by atoms with Gasteiger partial charge in [0.25, 0.3) is 0 Å². The standard InChI is InChI=1S/C29H40N4O2S/c1-28(2,3)21-7-9-22(10-8-21)33-23(18-26(31-33)29(4,5)6)17-24(34)19-27-30-20-25(36-27)11-12-32-13-15-35-16-14-32/h7-10,18,20H,11-17,19H2,1-6H3. The minimum atomic E-state index is -0.0981. The van der Waals surface area contributed by atoms with Gasteiger partial charge in [0.2, 0.25) is 0 Å². The molecule has 6 nitrogen and oxygen atoms in total. The minimum Gasteiger partial charge on any atom is -0.379 e. The van der Waals surface area contributed by atoms with Crippen LogP contribution in [0.2, 0.25) is 0 Å². The predicted molar refractivity (Wildman–Crippen MR) is 146 cm³/mol. The Morgan fingerprint density at radius 3 is 2.33 bits per heavy atom. The molecule has 0 saturated carbocycles. The monoisotopic (exact) mass is 508 g/mol. The number of hydrogen-bond acceptors (Lipinski definition) is 6. The summed E-state index contributed by atoms with van der Waals surface area (Å²) in [5, 5.41) is 5.81. The molecular weight excluding hydrogens is 468 g/mol. The molecule has 3 aromatic rings. The molecule has 1 fully saturated rings. The number of Topliss-reactive ketones (excluding diaryl/α,β-unsaturated/α-hetero) is 1. The zero-order valence-corrected chi connectivity index (χ0v) is 23.5. The van der Waals surface area contributed by atoms with Crippen LogP contribution in [-0.2, 0) is 39.6 Å². The van der Waals surface area contributed by atoms with E-state index in [0.717, 1.165) is 61.4 Å². The number of rotatable bonds is 8. The van der Waals surface area contributed by atoms with Crippen molar-refractivity contribution in [1.29, 1.82) is 0 Å². The fourth-order valence-corrected chi connectivity index (χ4v) is 5.25. The molecule has 1 saturated heterocycles. The Balaban J connectivity index is 1.45. The molecule has 0 N–H and O–H groups in total. The Morgan fingerprint density at radius 2 is 1.69 bits per heavy atom. The van der Waals surface area contributed by atoms with Crippen LogP contribution in [0.5, 0.6) is 0 Å². The molecule has 3 heterocycles. The highest BCUT2D eigenvalue weighted by atomic mass is 32.1. The van der Waals surface area contributed by atoms with Crippen molar-refractivity contribution >= 4 is 17.1 Å². The van der Waals surface area contributed by atoms with E-state index in [9.17, 15) is 4.79 Å². The first kappa shape index (κ1) is 26.7. The number of thiazole rings is 1. The summed E-state index contributed by atoms with van der Waals surface area (Å²) in [4.78, 5) is 21.3. The van der Waals surface area contributed by atoms with E-state index in [-0.39, 0.29) is 16.6 Å². The molecule has 0 unspecified atom stereocenters. The lowest BCUT2D eigenvalue weighted by Crippen LogP contribution is -2.37. The lowest BCUT2D eigenvalue weighted by Gasteiger charge is -2.26. The van der Waals surface area contributed by atoms with E-state index < -0.39 is 0 Å². The van der Waals surface area contributed by atoms with Crippen LogP contribution in [0.4, 0.5) is 0 Å². The second kappa shape index (κ2) is 11.0. The van der Waals surface area contributed by atoms with Crippen molar-refractivity contribution in [3.63, 3.8) is 0 Å². The lowest BCUT2D eigenvalue weighted by atomic mass is 9.87. The van der Waals surface area contributed by atoms with Gasteiger partial charge in [-0.05, 0) is 35.6 Å². The van der Waals surface area contributed by atoms with Crippen molar-refractivity contribution in [2.75, 3.05) is 32.8 Å². The maximum absolute atomic E-state index is 13.1. The van der Waals surface area contributed by atoms with Gasteiger partial charge in [0.1, 0.15) is 10.8 Å². The van der Waals surface area contributed by atoms with Crippen LogP contribution in [0.25, 0.3) is 5.69 Å². The quantitative estimate of drug-likeness (QED) is 0.421. The van der Waals surface area contributed by atoms with E-state index >= 15 is 0 Å². The van der Waals surface area contributed by atoms with Crippen molar-refractivity contribution < 1.29 is 9.53 Å². The number of hydrogen-bond donors (Lipinski definition) is 0. The van der Waals surface area contributed by atoms with Crippen LogP contribution in [0.15, 0.2) is 36.5 Å². The fourth-order valence-electron chi connectivity index (χ4n) is 4.31. The van der Waals surface area contributed by atoms with Gasteiger partial charge in [-0.25, -0.2) is 9.67 Å². The lowest BCUT2D eigenvalue weighted by molar-refractivity contribution is -0.117.